The van der Waals surface area contributed by atoms with Crippen LogP contribution in [0.25, 0.3) is 10.2 Å². The zero-order valence-corrected chi connectivity index (χ0v) is 18.5. The number of benzene rings is 1. The van der Waals surface area contributed by atoms with Gasteiger partial charge in [0.15, 0.2) is 0 Å². The van der Waals surface area contributed by atoms with Gasteiger partial charge in [0.25, 0.3) is 5.91 Å². The first-order valence-corrected chi connectivity index (χ1v) is 12.4. The van der Waals surface area contributed by atoms with Gasteiger partial charge in [0.1, 0.15) is 6.04 Å². The summed E-state index contributed by atoms with van der Waals surface area (Å²) in [5.74, 6) is 0.401. The van der Waals surface area contributed by atoms with Crippen molar-refractivity contribution in [3.63, 3.8) is 0 Å². The van der Waals surface area contributed by atoms with Crippen LogP contribution in [0.5, 0.6) is 0 Å². The third-order valence-corrected chi connectivity index (χ3v) is 8.23. The first-order valence-electron chi connectivity index (χ1n) is 10.7. The fourth-order valence-corrected chi connectivity index (χ4v) is 6.40. The molecule has 2 fully saturated rings. The fraction of sp³-hybridized carbons (Fsp3) is 0.435. The summed E-state index contributed by atoms with van der Waals surface area (Å²) in [4.78, 5) is 35.9. The highest BCUT2D eigenvalue weighted by Crippen LogP contribution is 2.34. The predicted octanol–water partition coefficient (Wildman–Crippen LogP) is 4.76. The van der Waals surface area contributed by atoms with Gasteiger partial charge >= 0.3 is 0 Å². The Morgan fingerprint density at radius 1 is 1.00 bits per heavy atom. The lowest BCUT2D eigenvalue weighted by Gasteiger charge is -2.40. The molecule has 30 heavy (non-hydrogen) atoms. The third kappa shape index (κ3) is 3.76. The molecule has 0 aliphatic carbocycles. The van der Waals surface area contributed by atoms with Crippen molar-refractivity contribution in [2.45, 2.75) is 44.1 Å². The second kappa shape index (κ2) is 8.47. The van der Waals surface area contributed by atoms with E-state index in [2.05, 4.69) is 12.1 Å². The van der Waals surface area contributed by atoms with Crippen LogP contribution in [0.3, 0.4) is 0 Å². The highest BCUT2D eigenvalue weighted by molar-refractivity contribution is 7.18. The SMILES string of the molecule is O=C([C@H]1CCCCN1C(=O)c1cccs1)N1CCC[C@H](c2nc3ccccc3s2)C1. The molecule has 2 aliphatic heterocycles. The number of fused-ring (bicyclic) bond motifs is 1. The highest BCUT2D eigenvalue weighted by Gasteiger charge is 2.37. The van der Waals surface area contributed by atoms with Crippen molar-refractivity contribution in [1.29, 1.82) is 0 Å². The lowest BCUT2D eigenvalue weighted by Crippen LogP contribution is -2.54. The number of likely N-dealkylation sites (tertiary alicyclic amines) is 2. The molecule has 5 rings (SSSR count). The van der Waals surface area contributed by atoms with Crippen LogP contribution >= 0.6 is 22.7 Å². The Morgan fingerprint density at radius 3 is 2.73 bits per heavy atom. The minimum absolute atomic E-state index is 0.00258. The third-order valence-electron chi connectivity index (χ3n) is 6.17. The summed E-state index contributed by atoms with van der Waals surface area (Å²) in [5.41, 5.74) is 1.04. The predicted molar refractivity (Wildman–Crippen MR) is 121 cm³/mol. The van der Waals surface area contributed by atoms with Crippen LogP contribution in [0.4, 0.5) is 0 Å². The van der Waals surface area contributed by atoms with E-state index in [4.69, 9.17) is 4.98 Å². The van der Waals surface area contributed by atoms with E-state index in [-0.39, 0.29) is 23.8 Å². The molecule has 2 atom stereocenters. The molecule has 4 heterocycles. The Balaban J connectivity index is 1.33. The van der Waals surface area contributed by atoms with Gasteiger partial charge in [-0.3, -0.25) is 9.59 Å². The van der Waals surface area contributed by atoms with Crippen molar-refractivity contribution in [3.05, 3.63) is 51.7 Å². The van der Waals surface area contributed by atoms with Crippen LogP contribution in [0.15, 0.2) is 41.8 Å². The molecule has 156 valence electrons. The number of thiazole rings is 1. The Kier molecular flexibility index (Phi) is 5.56. The molecule has 0 saturated carbocycles. The molecule has 0 bridgehead atoms. The largest absolute Gasteiger partial charge is 0.340 e. The maximum atomic E-state index is 13.5. The molecule has 0 unspecified atom stereocenters. The van der Waals surface area contributed by atoms with E-state index in [1.165, 1.54) is 16.0 Å². The Labute approximate surface area is 184 Å². The van der Waals surface area contributed by atoms with E-state index < -0.39 is 0 Å². The van der Waals surface area contributed by atoms with E-state index >= 15 is 0 Å². The smallest absolute Gasteiger partial charge is 0.264 e. The monoisotopic (exact) mass is 439 g/mol. The molecule has 0 radical (unpaired) electrons. The number of piperidine rings is 2. The summed E-state index contributed by atoms with van der Waals surface area (Å²) < 4.78 is 1.20. The van der Waals surface area contributed by atoms with Gasteiger partial charge in [-0.1, -0.05) is 18.2 Å². The molecular formula is C23H25N3O2S2. The molecule has 3 aromatic rings. The summed E-state index contributed by atoms with van der Waals surface area (Å²) in [5, 5.41) is 3.05. The minimum Gasteiger partial charge on any atom is -0.340 e. The lowest BCUT2D eigenvalue weighted by atomic mass is 9.95. The second-order valence-corrected chi connectivity index (χ2v) is 10.1. The number of carbonyl (C=O) groups excluding carboxylic acids is 2. The van der Waals surface area contributed by atoms with Gasteiger partial charge < -0.3 is 9.80 Å². The average molecular weight is 440 g/mol. The average Bonchev–Trinajstić information content (AvgIpc) is 3.48. The van der Waals surface area contributed by atoms with Crippen molar-refractivity contribution in [1.82, 2.24) is 14.8 Å². The molecule has 2 amide bonds. The Hall–Kier alpha value is -2.25. The summed E-state index contributed by atoms with van der Waals surface area (Å²) in [6.07, 6.45) is 4.78. The zero-order chi connectivity index (χ0) is 20.5. The van der Waals surface area contributed by atoms with Gasteiger partial charge in [-0.05, 0) is 55.7 Å². The summed E-state index contributed by atoms with van der Waals surface area (Å²) in [6.45, 7) is 2.15. The van der Waals surface area contributed by atoms with Gasteiger partial charge in [0, 0.05) is 25.6 Å². The maximum Gasteiger partial charge on any atom is 0.264 e. The van der Waals surface area contributed by atoms with Gasteiger partial charge in [0.05, 0.1) is 20.1 Å². The Morgan fingerprint density at radius 2 is 1.90 bits per heavy atom. The van der Waals surface area contributed by atoms with Crippen LogP contribution in [-0.4, -0.2) is 52.3 Å². The standard InChI is InChI=1S/C23H25N3O2S2/c27-22(18-9-3-4-13-26(18)23(28)20-11-6-14-29-20)25-12-5-7-16(15-25)21-24-17-8-1-2-10-19(17)30-21/h1-2,6,8,10-11,14,16,18H,3-5,7,9,12-13,15H2/t16-,18+/m0/s1. The number of nitrogens with zero attached hydrogens (tertiary/aromatic N) is 3. The topological polar surface area (TPSA) is 53.5 Å². The highest BCUT2D eigenvalue weighted by atomic mass is 32.1. The molecule has 7 heteroatoms. The molecule has 0 spiro atoms. The van der Waals surface area contributed by atoms with Crippen LogP contribution in [0.1, 0.15) is 52.7 Å². The first kappa shape index (κ1) is 19.7. The van der Waals surface area contributed by atoms with Gasteiger partial charge in [-0.25, -0.2) is 4.98 Å². The molecule has 2 saturated heterocycles. The van der Waals surface area contributed by atoms with Crippen molar-refractivity contribution >= 4 is 44.7 Å². The van der Waals surface area contributed by atoms with Gasteiger partial charge in [-0.15, -0.1) is 22.7 Å². The van der Waals surface area contributed by atoms with Gasteiger partial charge in [0.2, 0.25) is 5.91 Å². The number of para-hydroxylation sites is 1. The summed E-state index contributed by atoms with van der Waals surface area (Å²) >= 11 is 3.20. The van der Waals surface area contributed by atoms with E-state index in [1.807, 2.05) is 39.4 Å². The van der Waals surface area contributed by atoms with Crippen molar-refractivity contribution in [3.8, 4) is 0 Å². The van der Waals surface area contributed by atoms with Crippen molar-refractivity contribution in [2.24, 2.45) is 0 Å². The van der Waals surface area contributed by atoms with E-state index in [0.717, 1.165) is 54.1 Å². The van der Waals surface area contributed by atoms with E-state index in [0.29, 0.717) is 13.1 Å². The van der Waals surface area contributed by atoms with E-state index in [1.54, 1.807) is 11.3 Å². The molecule has 0 N–H and O–H groups in total. The first-order chi connectivity index (χ1) is 14.7. The van der Waals surface area contributed by atoms with Gasteiger partial charge in [-0.2, -0.15) is 0 Å². The van der Waals surface area contributed by atoms with Crippen LogP contribution < -0.4 is 0 Å². The fourth-order valence-electron chi connectivity index (χ4n) is 4.63. The minimum atomic E-state index is -0.331. The van der Waals surface area contributed by atoms with E-state index in [9.17, 15) is 9.59 Å². The number of aromatic nitrogens is 1. The number of hydrogen-bond acceptors (Lipinski definition) is 5. The normalized spacial score (nSPS) is 22.4. The maximum absolute atomic E-state index is 13.5. The van der Waals surface area contributed by atoms with Crippen molar-refractivity contribution < 1.29 is 9.59 Å². The summed E-state index contributed by atoms with van der Waals surface area (Å²) in [6, 6.07) is 11.6. The second-order valence-electron chi connectivity index (χ2n) is 8.13. The number of rotatable bonds is 3. The molecule has 2 aromatic heterocycles. The quantitative estimate of drug-likeness (QED) is 0.591. The van der Waals surface area contributed by atoms with Crippen LogP contribution in [0.2, 0.25) is 0 Å². The number of thiophene rings is 1. The molecule has 1 aromatic carbocycles. The molecule has 2 aliphatic rings. The summed E-state index contributed by atoms with van der Waals surface area (Å²) in [7, 11) is 0. The zero-order valence-electron chi connectivity index (χ0n) is 16.8. The number of carbonyl (C=O) groups is 2. The molecular weight excluding hydrogens is 414 g/mol. The van der Waals surface area contributed by atoms with Crippen LogP contribution in [-0.2, 0) is 4.79 Å². The number of amides is 2. The van der Waals surface area contributed by atoms with Crippen LogP contribution in [0, 0.1) is 0 Å². The van der Waals surface area contributed by atoms with Crippen molar-refractivity contribution in [2.75, 3.05) is 19.6 Å². The Bertz CT molecular complexity index is 1010. The lowest BCUT2D eigenvalue weighted by molar-refractivity contribution is -0.138. The number of hydrogen-bond donors (Lipinski definition) is 0. The molecule has 5 nitrogen and oxygen atoms in total.